The van der Waals surface area contributed by atoms with Gasteiger partial charge in [0.05, 0.1) is 25.2 Å². The van der Waals surface area contributed by atoms with Crippen LogP contribution in [0, 0.1) is 18.3 Å². The molecule has 0 spiro atoms. The number of aromatic nitrogens is 1. The Morgan fingerprint density at radius 1 is 1.24 bits per heavy atom. The minimum atomic E-state index is -0.457. The first kappa shape index (κ1) is 19.9. The number of nitrogens with zero attached hydrogens (tertiary/aromatic N) is 2. The largest absolute Gasteiger partial charge is 0.465 e. The molecule has 3 rings (SSSR count). The van der Waals surface area contributed by atoms with Gasteiger partial charge in [-0.25, -0.2) is 4.79 Å². The number of fused-ring (bicyclic) bond motifs is 1. The van der Waals surface area contributed by atoms with Crippen molar-refractivity contribution in [2.24, 2.45) is 0 Å². The number of rotatable bonds is 6. The third-order valence-electron chi connectivity index (χ3n) is 4.61. The Balaban J connectivity index is 1.81. The van der Waals surface area contributed by atoms with Gasteiger partial charge in [0.25, 0.3) is 0 Å². The summed E-state index contributed by atoms with van der Waals surface area (Å²) in [6, 6.07) is 15.0. The van der Waals surface area contributed by atoms with E-state index in [2.05, 4.69) is 11.4 Å². The number of methoxy groups -OCH3 is 1. The number of carbonyl (C=O) groups is 2. The molecule has 1 aromatic heterocycles. The number of para-hydroxylation sites is 1. The zero-order valence-electron chi connectivity index (χ0n) is 16.3. The number of benzene rings is 2. The fraction of sp³-hybridized carbons (Fsp3) is 0.174. The van der Waals surface area contributed by atoms with Crippen molar-refractivity contribution < 1.29 is 14.3 Å². The molecule has 6 nitrogen and oxygen atoms in total. The zero-order chi connectivity index (χ0) is 20.8. The van der Waals surface area contributed by atoms with Crippen LogP contribution < -0.4 is 5.32 Å². The number of carbonyl (C=O) groups excluding carboxylic acids is 2. The molecule has 0 aliphatic heterocycles. The molecule has 0 radical (unpaired) electrons. The number of anilines is 1. The number of esters is 1. The molecule has 3 aromatic rings. The normalized spacial score (nSPS) is 10.8. The molecular weight excluding hydrogens is 366 g/mol. The Labute approximate surface area is 169 Å². The van der Waals surface area contributed by atoms with Crippen molar-refractivity contribution in [1.82, 2.24) is 4.57 Å². The second-order valence-electron chi connectivity index (χ2n) is 6.55. The van der Waals surface area contributed by atoms with Crippen molar-refractivity contribution in [2.45, 2.75) is 19.9 Å². The van der Waals surface area contributed by atoms with Crippen molar-refractivity contribution in [3.8, 4) is 6.07 Å². The van der Waals surface area contributed by atoms with Gasteiger partial charge in [-0.05, 0) is 36.8 Å². The van der Waals surface area contributed by atoms with E-state index in [1.165, 1.54) is 13.2 Å². The van der Waals surface area contributed by atoms with Crippen LogP contribution in [0.5, 0.6) is 0 Å². The Morgan fingerprint density at radius 3 is 2.79 bits per heavy atom. The smallest absolute Gasteiger partial charge is 0.337 e. The molecule has 1 heterocycles. The van der Waals surface area contributed by atoms with Gasteiger partial charge in [-0.3, -0.25) is 4.79 Å². The molecule has 1 N–H and O–H groups in total. The van der Waals surface area contributed by atoms with Crippen molar-refractivity contribution in [3.63, 3.8) is 0 Å². The van der Waals surface area contributed by atoms with Crippen molar-refractivity contribution >= 4 is 34.5 Å². The van der Waals surface area contributed by atoms with E-state index in [1.807, 2.05) is 42.0 Å². The summed E-state index contributed by atoms with van der Waals surface area (Å²) >= 11 is 0. The van der Waals surface area contributed by atoms with Gasteiger partial charge in [0, 0.05) is 41.0 Å². The minimum Gasteiger partial charge on any atom is -0.465 e. The maximum absolute atomic E-state index is 12.4. The van der Waals surface area contributed by atoms with Gasteiger partial charge in [-0.15, -0.1) is 0 Å². The van der Waals surface area contributed by atoms with Crippen molar-refractivity contribution in [3.05, 3.63) is 71.4 Å². The predicted molar refractivity (Wildman–Crippen MR) is 112 cm³/mol. The third-order valence-corrected chi connectivity index (χ3v) is 4.61. The van der Waals surface area contributed by atoms with Crippen LogP contribution in [0.1, 0.15) is 27.9 Å². The second-order valence-corrected chi connectivity index (χ2v) is 6.55. The number of nitriles is 1. The van der Waals surface area contributed by atoms with Crippen molar-refractivity contribution in [2.75, 3.05) is 12.4 Å². The average Bonchev–Trinajstić information content (AvgIpc) is 3.09. The van der Waals surface area contributed by atoms with Gasteiger partial charge in [0.15, 0.2) is 0 Å². The number of hydrogen-bond donors (Lipinski definition) is 1. The summed E-state index contributed by atoms with van der Waals surface area (Å²) in [4.78, 5) is 24.1. The molecule has 0 aliphatic rings. The Morgan fingerprint density at radius 2 is 2.03 bits per heavy atom. The number of amides is 1. The predicted octanol–water partition coefficient (Wildman–Crippen LogP) is 4.30. The van der Waals surface area contributed by atoms with E-state index in [4.69, 9.17) is 10.00 Å². The van der Waals surface area contributed by atoms with Crippen LogP contribution >= 0.6 is 0 Å². The second kappa shape index (κ2) is 8.89. The molecular formula is C23H21N3O3. The highest BCUT2D eigenvalue weighted by atomic mass is 16.5. The van der Waals surface area contributed by atoms with Crippen LogP contribution in [0.25, 0.3) is 17.0 Å². The highest BCUT2D eigenvalue weighted by Crippen LogP contribution is 2.23. The van der Waals surface area contributed by atoms with Gasteiger partial charge in [0.1, 0.15) is 0 Å². The van der Waals surface area contributed by atoms with E-state index < -0.39 is 5.97 Å². The minimum absolute atomic E-state index is 0.302. The van der Waals surface area contributed by atoms with Gasteiger partial charge < -0.3 is 14.6 Å². The lowest BCUT2D eigenvalue weighted by Gasteiger charge is -2.08. The van der Waals surface area contributed by atoms with Crippen LogP contribution in [0.3, 0.4) is 0 Å². The van der Waals surface area contributed by atoms with Gasteiger partial charge in [-0.2, -0.15) is 5.26 Å². The summed E-state index contributed by atoms with van der Waals surface area (Å²) in [5.41, 5.74) is 3.68. The van der Waals surface area contributed by atoms with E-state index in [0.29, 0.717) is 24.2 Å². The SMILES string of the molecule is COC(=O)c1ccc(C)c(NC(=O)/C=C/c2cn(CCC#N)c3ccccc23)c1. The lowest BCUT2D eigenvalue weighted by Crippen LogP contribution is -2.10. The summed E-state index contributed by atoms with van der Waals surface area (Å²) in [5, 5.41) is 12.7. The van der Waals surface area contributed by atoms with E-state index in [0.717, 1.165) is 22.0 Å². The fourth-order valence-corrected chi connectivity index (χ4v) is 3.10. The lowest BCUT2D eigenvalue weighted by molar-refractivity contribution is -0.111. The summed E-state index contributed by atoms with van der Waals surface area (Å²) in [7, 11) is 1.32. The monoisotopic (exact) mass is 387 g/mol. The lowest BCUT2D eigenvalue weighted by atomic mass is 10.1. The molecule has 0 saturated heterocycles. The number of aryl methyl sites for hydroxylation is 2. The first-order chi connectivity index (χ1) is 14.0. The molecule has 2 aromatic carbocycles. The van der Waals surface area contributed by atoms with E-state index >= 15 is 0 Å². The topological polar surface area (TPSA) is 84.1 Å². The Hall–Kier alpha value is -3.85. The zero-order valence-corrected chi connectivity index (χ0v) is 16.3. The van der Waals surface area contributed by atoms with Crippen LogP contribution in [0.2, 0.25) is 0 Å². The summed E-state index contributed by atoms with van der Waals surface area (Å²) in [5.74, 6) is -0.759. The average molecular weight is 387 g/mol. The van der Waals surface area contributed by atoms with Gasteiger partial charge >= 0.3 is 5.97 Å². The first-order valence-electron chi connectivity index (χ1n) is 9.16. The van der Waals surface area contributed by atoms with Crippen LogP contribution in [-0.2, 0) is 16.1 Å². The van der Waals surface area contributed by atoms with E-state index in [9.17, 15) is 9.59 Å². The molecule has 6 heteroatoms. The molecule has 0 aliphatic carbocycles. The van der Waals surface area contributed by atoms with E-state index in [-0.39, 0.29) is 5.91 Å². The van der Waals surface area contributed by atoms with Gasteiger partial charge in [0.2, 0.25) is 5.91 Å². The Kier molecular flexibility index (Phi) is 6.10. The highest BCUT2D eigenvalue weighted by molar-refractivity contribution is 6.04. The highest BCUT2D eigenvalue weighted by Gasteiger charge is 2.10. The molecule has 0 unspecified atom stereocenters. The molecule has 0 bridgehead atoms. The molecule has 1 amide bonds. The van der Waals surface area contributed by atoms with E-state index in [1.54, 1.807) is 24.3 Å². The number of ether oxygens (including phenoxy) is 1. The number of hydrogen-bond acceptors (Lipinski definition) is 4. The van der Waals surface area contributed by atoms with Crippen LogP contribution in [0.4, 0.5) is 5.69 Å². The molecule has 146 valence electrons. The van der Waals surface area contributed by atoms with Crippen LogP contribution in [0.15, 0.2) is 54.7 Å². The standard InChI is InChI=1S/C23H21N3O3/c1-16-8-9-17(23(28)29-2)14-20(16)25-22(27)11-10-18-15-26(13-5-12-24)21-7-4-3-6-19(18)21/h3-4,6-11,14-15H,5,13H2,1-2H3,(H,25,27)/b11-10+. The number of nitrogens with one attached hydrogen (secondary N) is 1. The Bertz CT molecular complexity index is 1140. The molecule has 0 atom stereocenters. The summed E-state index contributed by atoms with van der Waals surface area (Å²) < 4.78 is 6.74. The summed E-state index contributed by atoms with van der Waals surface area (Å²) in [6.07, 6.45) is 5.56. The maximum Gasteiger partial charge on any atom is 0.337 e. The maximum atomic E-state index is 12.4. The molecule has 0 saturated carbocycles. The quantitative estimate of drug-likeness (QED) is 0.505. The van der Waals surface area contributed by atoms with Gasteiger partial charge in [-0.1, -0.05) is 24.3 Å². The third kappa shape index (κ3) is 4.53. The first-order valence-corrected chi connectivity index (χ1v) is 9.16. The van der Waals surface area contributed by atoms with Crippen LogP contribution in [-0.4, -0.2) is 23.6 Å². The summed E-state index contributed by atoms with van der Waals surface area (Å²) in [6.45, 7) is 2.44. The fourth-order valence-electron chi connectivity index (χ4n) is 3.10. The van der Waals surface area contributed by atoms with Crippen molar-refractivity contribution in [1.29, 1.82) is 5.26 Å². The molecule has 29 heavy (non-hydrogen) atoms. The molecule has 0 fully saturated rings.